The molecule has 4 N–H and O–H groups in total. The van der Waals surface area contributed by atoms with Crippen molar-refractivity contribution in [3.8, 4) is 0 Å². The van der Waals surface area contributed by atoms with Crippen LogP contribution in [0.4, 0.5) is 10.1 Å². The minimum atomic E-state index is -0.360. The molecule has 6 nitrogen and oxygen atoms in total. The number of piperazine rings is 1. The highest BCUT2D eigenvalue weighted by atomic mass is 19.1. The monoisotopic (exact) mass is 420 g/mol. The molecule has 1 saturated heterocycles. The second kappa shape index (κ2) is 10.4. The van der Waals surface area contributed by atoms with E-state index in [2.05, 4.69) is 24.5 Å². The Labute approximate surface area is 179 Å². The van der Waals surface area contributed by atoms with Gasteiger partial charge in [-0.2, -0.15) is 0 Å². The summed E-state index contributed by atoms with van der Waals surface area (Å²) in [6, 6.07) is 6.17. The molecule has 1 aliphatic carbocycles. The fourth-order valence-corrected chi connectivity index (χ4v) is 4.81. The van der Waals surface area contributed by atoms with Gasteiger partial charge in [-0.05, 0) is 43.4 Å². The summed E-state index contributed by atoms with van der Waals surface area (Å²) in [5.41, 5.74) is 0.486. The summed E-state index contributed by atoms with van der Waals surface area (Å²) in [4.78, 5) is 27.6. The summed E-state index contributed by atoms with van der Waals surface area (Å²) in [5, 5.41) is 6.07. The van der Waals surface area contributed by atoms with Crippen molar-refractivity contribution in [2.75, 3.05) is 38.0 Å². The molecule has 7 heteroatoms. The Morgan fingerprint density at radius 3 is 2.60 bits per heavy atom. The van der Waals surface area contributed by atoms with E-state index < -0.39 is 0 Å². The summed E-state index contributed by atoms with van der Waals surface area (Å²) < 4.78 is 13.3. The van der Waals surface area contributed by atoms with Crippen LogP contribution < -0.4 is 20.4 Å². The highest BCUT2D eigenvalue weighted by Crippen LogP contribution is 2.29. The average molecular weight is 421 g/mol. The number of quaternary nitrogens is 2. The number of rotatable bonds is 6. The average Bonchev–Trinajstić information content (AvgIpc) is 2.71. The van der Waals surface area contributed by atoms with Crippen LogP contribution in [0.1, 0.15) is 40.0 Å². The number of carbonyl (C=O) groups is 2. The first-order valence-corrected chi connectivity index (χ1v) is 11.4. The molecule has 166 valence electrons. The molecule has 2 amide bonds. The third-order valence-corrected chi connectivity index (χ3v) is 7.16. The summed E-state index contributed by atoms with van der Waals surface area (Å²) in [6.07, 6.45) is 3.53. The van der Waals surface area contributed by atoms with Gasteiger partial charge in [-0.15, -0.1) is 0 Å². The highest BCUT2D eigenvalue weighted by Gasteiger charge is 2.34. The fraction of sp³-hybridized carbons (Fsp3) is 0.652. The van der Waals surface area contributed by atoms with Gasteiger partial charge in [-0.1, -0.05) is 32.8 Å². The van der Waals surface area contributed by atoms with Crippen LogP contribution in [0.25, 0.3) is 0 Å². The number of anilines is 1. The van der Waals surface area contributed by atoms with Gasteiger partial charge in [0.2, 0.25) is 0 Å². The molecule has 1 saturated carbocycles. The Balaban J connectivity index is 1.42. The lowest BCUT2D eigenvalue weighted by Gasteiger charge is -2.36. The van der Waals surface area contributed by atoms with E-state index in [9.17, 15) is 14.0 Å². The van der Waals surface area contributed by atoms with Crippen molar-refractivity contribution >= 4 is 17.5 Å². The molecule has 30 heavy (non-hydrogen) atoms. The van der Waals surface area contributed by atoms with Gasteiger partial charge in [0.15, 0.2) is 12.6 Å². The Bertz CT molecular complexity index is 736. The summed E-state index contributed by atoms with van der Waals surface area (Å²) in [7, 11) is 0. The quantitative estimate of drug-likeness (QED) is 0.518. The molecule has 1 heterocycles. The summed E-state index contributed by atoms with van der Waals surface area (Å²) in [5.74, 6) is 0.885. The van der Waals surface area contributed by atoms with E-state index >= 15 is 0 Å². The fourth-order valence-electron chi connectivity index (χ4n) is 4.81. The van der Waals surface area contributed by atoms with Gasteiger partial charge < -0.3 is 20.4 Å². The predicted molar refractivity (Wildman–Crippen MR) is 115 cm³/mol. The van der Waals surface area contributed by atoms with Gasteiger partial charge in [0.05, 0.1) is 0 Å². The first-order valence-electron chi connectivity index (χ1n) is 11.4. The molecule has 1 aliphatic heterocycles. The van der Waals surface area contributed by atoms with E-state index in [0.29, 0.717) is 30.1 Å². The van der Waals surface area contributed by atoms with E-state index in [1.807, 2.05) is 6.92 Å². The van der Waals surface area contributed by atoms with E-state index in [4.69, 9.17) is 0 Å². The number of benzene rings is 1. The van der Waals surface area contributed by atoms with Crippen LogP contribution in [0, 0.1) is 17.7 Å². The van der Waals surface area contributed by atoms with Crippen molar-refractivity contribution in [1.29, 1.82) is 0 Å². The van der Waals surface area contributed by atoms with Crippen molar-refractivity contribution in [3.63, 3.8) is 0 Å². The number of hydrogen-bond donors (Lipinski definition) is 4. The molecule has 2 aliphatic rings. The van der Waals surface area contributed by atoms with Gasteiger partial charge in [0, 0.05) is 11.7 Å². The molecule has 4 atom stereocenters. The lowest BCUT2D eigenvalue weighted by Crippen LogP contribution is -3.30. The lowest BCUT2D eigenvalue weighted by molar-refractivity contribution is -1.01. The van der Waals surface area contributed by atoms with Crippen LogP contribution in [0.3, 0.4) is 0 Å². The molecule has 2 fully saturated rings. The minimum absolute atomic E-state index is 0.0721. The molecule has 1 aromatic rings. The third-order valence-electron chi connectivity index (χ3n) is 7.16. The van der Waals surface area contributed by atoms with E-state index in [-0.39, 0.29) is 23.7 Å². The third kappa shape index (κ3) is 6.01. The molecule has 3 rings (SSSR count). The van der Waals surface area contributed by atoms with Gasteiger partial charge in [-0.25, -0.2) is 4.39 Å². The Kier molecular flexibility index (Phi) is 7.83. The molecule has 1 aromatic carbocycles. The van der Waals surface area contributed by atoms with Crippen LogP contribution in [-0.2, 0) is 9.59 Å². The van der Waals surface area contributed by atoms with Gasteiger partial charge in [-0.3, -0.25) is 9.59 Å². The maximum Gasteiger partial charge on any atom is 0.279 e. The Morgan fingerprint density at radius 1 is 1.17 bits per heavy atom. The second-order valence-corrected chi connectivity index (χ2v) is 9.25. The SMILES string of the molecule is C[C@H]1[C@@H](NC(=O)[C@@H](C)[NH+]2CC[NH+](CC(=O)Nc3cccc(F)c3)CC2)CCC[C@@H]1C. The van der Waals surface area contributed by atoms with Gasteiger partial charge >= 0.3 is 0 Å². The molecule has 0 unspecified atom stereocenters. The maximum atomic E-state index is 13.3. The van der Waals surface area contributed by atoms with Gasteiger partial charge in [0.1, 0.15) is 32.0 Å². The normalized spacial score (nSPS) is 30.3. The molecule has 0 spiro atoms. The van der Waals surface area contributed by atoms with Crippen LogP contribution in [0.2, 0.25) is 0 Å². The zero-order valence-corrected chi connectivity index (χ0v) is 18.5. The molecular weight excluding hydrogens is 383 g/mol. The standard InChI is InChI=1S/C23H35FN4O2/c1-16-6-4-9-21(17(16)2)26-23(30)18(3)28-12-10-27(11-13-28)15-22(29)25-20-8-5-7-19(24)14-20/h5,7-8,14,16-18,21H,4,6,9-13,15H2,1-3H3,(H,25,29)(H,26,30)/p+2/t16-,17+,18+,21-/m0/s1. The minimum Gasteiger partial charge on any atom is -0.348 e. The first-order chi connectivity index (χ1) is 14.3. The Hall–Kier alpha value is -1.99. The smallest absolute Gasteiger partial charge is 0.279 e. The predicted octanol–water partition coefficient (Wildman–Crippen LogP) is -0.123. The summed E-state index contributed by atoms with van der Waals surface area (Å²) in [6.45, 7) is 10.3. The van der Waals surface area contributed by atoms with Crippen molar-refractivity contribution < 1.29 is 23.8 Å². The molecule has 0 aromatic heterocycles. The second-order valence-electron chi connectivity index (χ2n) is 9.25. The highest BCUT2D eigenvalue weighted by molar-refractivity contribution is 5.91. The molecule has 0 bridgehead atoms. The number of carbonyl (C=O) groups excluding carboxylic acids is 2. The number of hydrogen-bond acceptors (Lipinski definition) is 2. The van der Waals surface area contributed by atoms with Crippen LogP contribution in [-0.4, -0.2) is 56.6 Å². The number of halogens is 1. The topological polar surface area (TPSA) is 67.1 Å². The van der Waals surface area contributed by atoms with Crippen LogP contribution >= 0.6 is 0 Å². The Morgan fingerprint density at radius 2 is 1.90 bits per heavy atom. The zero-order valence-electron chi connectivity index (χ0n) is 18.5. The van der Waals surface area contributed by atoms with Crippen LogP contribution in [0.5, 0.6) is 0 Å². The van der Waals surface area contributed by atoms with E-state index in [0.717, 1.165) is 32.6 Å². The van der Waals surface area contributed by atoms with E-state index in [1.165, 1.54) is 34.8 Å². The van der Waals surface area contributed by atoms with E-state index in [1.54, 1.807) is 12.1 Å². The lowest BCUT2D eigenvalue weighted by atomic mass is 9.78. The number of nitrogens with one attached hydrogen (secondary N) is 4. The molecular formula is C23H37FN4O2+2. The zero-order chi connectivity index (χ0) is 21.7. The van der Waals surface area contributed by atoms with Crippen molar-refractivity contribution in [2.45, 2.75) is 52.1 Å². The van der Waals surface area contributed by atoms with Gasteiger partial charge in [0.25, 0.3) is 11.8 Å². The van der Waals surface area contributed by atoms with Crippen LogP contribution in [0.15, 0.2) is 24.3 Å². The molecule has 0 radical (unpaired) electrons. The van der Waals surface area contributed by atoms with Crippen molar-refractivity contribution in [3.05, 3.63) is 30.1 Å². The van der Waals surface area contributed by atoms with Crippen molar-refractivity contribution in [1.82, 2.24) is 5.32 Å². The number of amides is 2. The first kappa shape index (κ1) is 22.7. The largest absolute Gasteiger partial charge is 0.348 e. The maximum absolute atomic E-state index is 13.3. The summed E-state index contributed by atoms with van der Waals surface area (Å²) >= 11 is 0. The van der Waals surface area contributed by atoms with Crippen molar-refractivity contribution in [2.24, 2.45) is 11.8 Å².